The van der Waals surface area contributed by atoms with Crippen molar-refractivity contribution in [1.82, 2.24) is 4.57 Å². The Kier molecular flexibility index (Phi) is 4.49. The molecule has 0 atom stereocenters. The maximum absolute atomic E-state index is 12.8. The van der Waals surface area contributed by atoms with Crippen molar-refractivity contribution in [2.45, 2.75) is 6.54 Å². The third kappa shape index (κ3) is 3.71. The standard InChI is InChI=1S/C18H14BrFN2/c19-16-3-7-18(8-4-16)22-10-9-15(13-22)12-21-11-14-1-5-17(20)6-2-14/h1-10,12-13H,11H2. The number of aromatic nitrogens is 1. The van der Waals surface area contributed by atoms with Gasteiger partial charge in [-0.25, -0.2) is 4.39 Å². The summed E-state index contributed by atoms with van der Waals surface area (Å²) in [4.78, 5) is 4.39. The molecule has 1 heterocycles. The summed E-state index contributed by atoms with van der Waals surface area (Å²) in [7, 11) is 0. The fourth-order valence-electron chi connectivity index (χ4n) is 2.11. The molecule has 0 fully saturated rings. The van der Waals surface area contributed by atoms with Gasteiger partial charge < -0.3 is 4.57 Å². The molecule has 0 saturated carbocycles. The highest BCUT2D eigenvalue weighted by molar-refractivity contribution is 9.10. The Morgan fingerprint density at radius 1 is 1.00 bits per heavy atom. The molecule has 0 aliphatic heterocycles. The Bertz CT molecular complexity index is 774. The van der Waals surface area contributed by atoms with Gasteiger partial charge in [0.05, 0.1) is 6.54 Å². The van der Waals surface area contributed by atoms with Gasteiger partial charge in [-0.3, -0.25) is 4.99 Å². The summed E-state index contributed by atoms with van der Waals surface area (Å²) in [5.41, 5.74) is 3.12. The first kappa shape index (κ1) is 14.7. The summed E-state index contributed by atoms with van der Waals surface area (Å²) >= 11 is 3.43. The van der Waals surface area contributed by atoms with Gasteiger partial charge in [-0.15, -0.1) is 0 Å². The molecule has 2 nitrogen and oxygen atoms in total. The average Bonchev–Trinajstić information content (AvgIpc) is 2.99. The maximum atomic E-state index is 12.8. The van der Waals surface area contributed by atoms with E-state index in [1.807, 2.05) is 53.5 Å². The SMILES string of the molecule is Fc1ccc(CN=Cc2ccn(-c3ccc(Br)cc3)c2)cc1. The summed E-state index contributed by atoms with van der Waals surface area (Å²) in [5, 5.41) is 0. The van der Waals surface area contributed by atoms with Crippen LogP contribution in [0.4, 0.5) is 4.39 Å². The Hall–Kier alpha value is -2.20. The van der Waals surface area contributed by atoms with Crippen molar-refractivity contribution in [3.8, 4) is 5.69 Å². The van der Waals surface area contributed by atoms with Crippen molar-refractivity contribution in [3.63, 3.8) is 0 Å². The Morgan fingerprint density at radius 3 is 2.45 bits per heavy atom. The molecule has 0 aliphatic rings. The largest absolute Gasteiger partial charge is 0.323 e. The summed E-state index contributed by atoms with van der Waals surface area (Å²) in [6.45, 7) is 0.545. The van der Waals surface area contributed by atoms with Crippen molar-refractivity contribution in [1.29, 1.82) is 0 Å². The number of nitrogens with zero attached hydrogens (tertiary/aromatic N) is 2. The number of hydrogen-bond donors (Lipinski definition) is 0. The second-order valence-electron chi connectivity index (χ2n) is 4.92. The smallest absolute Gasteiger partial charge is 0.123 e. The first-order valence-corrected chi connectivity index (χ1v) is 7.68. The van der Waals surface area contributed by atoms with Gasteiger partial charge in [-0.05, 0) is 48.0 Å². The third-order valence-electron chi connectivity index (χ3n) is 3.27. The van der Waals surface area contributed by atoms with Gasteiger partial charge in [0, 0.05) is 34.3 Å². The topological polar surface area (TPSA) is 17.3 Å². The summed E-state index contributed by atoms with van der Waals surface area (Å²) in [6, 6.07) is 16.5. The first-order valence-electron chi connectivity index (χ1n) is 6.89. The van der Waals surface area contributed by atoms with Crippen LogP contribution in [0.15, 0.2) is 76.5 Å². The normalized spacial score (nSPS) is 11.2. The van der Waals surface area contributed by atoms with E-state index >= 15 is 0 Å². The highest BCUT2D eigenvalue weighted by atomic mass is 79.9. The lowest BCUT2D eigenvalue weighted by Crippen LogP contribution is -1.89. The number of benzene rings is 2. The number of rotatable bonds is 4. The van der Waals surface area contributed by atoms with Crippen LogP contribution in [0.2, 0.25) is 0 Å². The summed E-state index contributed by atoms with van der Waals surface area (Å²) in [6.07, 6.45) is 5.86. The van der Waals surface area contributed by atoms with E-state index in [-0.39, 0.29) is 5.82 Å². The van der Waals surface area contributed by atoms with E-state index < -0.39 is 0 Å². The molecule has 22 heavy (non-hydrogen) atoms. The zero-order valence-corrected chi connectivity index (χ0v) is 13.4. The van der Waals surface area contributed by atoms with Crippen LogP contribution in [0.5, 0.6) is 0 Å². The molecule has 0 aliphatic carbocycles. The van der Waals surface area contributed by atoms with Gasteiger partial charge in [0.2, 0.25) is 0 Å². The van der Waals surface area contributed by atoms with Gasteiger partial charge in [0.15, 0.2) is 0 Å². The predicted octanol–water partition coefficient (Wildman–Crippen LogP) is 5.00. The highest BCUT2D eigenvalue weighted by Crippen LogP contribution is 2.15. The number of halogens is 2. The molecule has 0 radical (unpaired) electrons. The molecule has 0 spiro atoms. The van der Waals surface area contributed by atoms with Gasteiger partial charge in [0.25, 0.3) is 0 Å². The molecule has 2 aromatic carbocycles. The molecule has 3 aromatic rings. The fraction of sp³-hybridized carbons (Fsp3) is 0.0556. The van der Waals surface area contributed by atoms with Crippen molar-refractivity contribution < 1.29 is 4.39 Å². The van der Waals surface area contributed by atoms with Crippen molar-refractivity contribution in [3.05, 3.63) is 88.4 Å². The maximum Gasteiger partial charge on any atom is 0.123 e. The average molecular weight is 357 g/mol. The summed E-state index contributed by atoms with van der Waals surface area (Å²) in [5.74, 6) is -0.223. The van der Waals surface area contributed by atoms with E-state index in [0.29, 0.717) is 6.54 Å². The van der Waals surface area contributed by atoms with Crippen LogP contribution in [-0.4, -0.2) is 10.8 Å². The lowest BCUT2D eigenvalue weighted by Gasteiger charge is -2.01. The first-order chi connectivity index (χ1) is 10.7. The molecular weight excluding hydrogens is 343 g/mol. The summed E-state index contributed by atoms with van der Waals surface area (Å²) < 4.78 is 15.9. The van der Waals surface area contributed by atoms with Crippen molar-refractivity contribution in [2.24, 2.45) is 4.99 Å². The van der Waals surface area contributed by atoms with E-state index in [2.05, 4.69) is 20.9 Å². The van der Waals surface area contributed by atoms with Gasteiger partial charge in [0.1, 0.15) is 5.82 Å². The second-order valence-corrected chi connectivity index (χ2v) is 5.84. The Morgan fingerprint density at radius 2 is 1.73 bits per heavy atom. The predicted molar refractivity (Wildman–Crippen MR) is 91.2 cm³/mol. The molecule has 0 bridgehead atoms. The molecule has 0 N–H and O–H groups in total. The quantitative estimate of drug-likeness (QED) is 0.585. The van der Waals surface area contributed by atoms with Crippen molar-refractivity contribution >= 4 is 22.1 Å². The molecule has 0 saturated heterocycles. The molecule has 110 valence electrons. The van der Waals surface area contributed by atoms with E-state index in [1.165, 1.54) is 12.1 Å². The molecule has 0 amide bonds. The zero-order chi connectivity index (χ0) is 15.4. The van der Waals surface area contributed by atoms with E-state index in [0.717, 1.165) is 21.3 Å². The number of aliphatic imine (C=N–C) groups is 1. The monoisotopic (exact) mass is 356 g/mol. The van der Waals surface area contributed by atoms with E-state index in [9.17, 15) is 4.39 Å². The highest BCUT2D eigenvalue weighted by Gasteiger charge is 1.98. The zero-order valence-electron chi connectivity index (χ0n) is 11.8. The van der Waals surface area contributed by atoms with Crippen LogP contribution in [0.1, 0.15) is 11.1 Å². The Labute approximate surface area is 137 Å². The van der Waals surface area contributed by atoms with Crippen LogP contribution in [0.3, 0.4) is 0 Å². The van der Waals surface area contributed by atoms with Gasteiger partial charge in [-0.1, -0.05) is 28.1 Å². The van der Waals surface area contributed by atoms with E-state index in [1.54, 1.807) is 12.1 Å². The fourth-order valence-corrected chi connectivity index (χ4v) is 2.37. The minimum Gasteiger partial charge on any atom is -0.323 e. The lowest BCUT2D eigenvalue weighted by atomic mass is 10.2. The lowest BCUT2D eigenvalue weighted by molar-refractivity contribution is 0.627. The minimum atomic E-state index is -0.223. The second kappa shape index (κ2) is 6.71. The molecule has 3 rings (SSSR count). The third-order valence-corrected chi connectivity index (χ3v) is 3.80. The molecule has 1 aromatic heterocycles. The minimum absolute atomic E-state index is 0.223. The van der Waals surface area contributed by atoms with Gasteiger partial charge >= 0.3 is 0 Å². The van der Waals surface area contributed by atoms with Gasteiger partial charge in [-0.2, -0.15) is 0 Å². The van der Waals surface area contributed by atoms with Crippen LogP contribution < -0.4 is 0 Å². The molecule has 4 heteroatoms. The van der Waals surface area contributed by atoms with Crippen molar-refractivity contribution in [2.75, 3.05) is 0 Å². The van der Waals surface area contributed by atoms with Crippen LogP contribution in [-0.2, 0) is 6.54 Å². The van der Waals surface area contributed by atoms with Crippen LogP contribution in [0, 0.1) is 5.82 Å². The van der Waals surface area contributed by atoms with Crippen LogP contribution >= 0.6 is 15.9 Å². The Balaban J connectivity index is 1.67. The van der Waals surface area contributed by atoms with Crippen LogP contribution in [0.25, 0.3) is 5.69 Å². The molecular formula is C18H14BrFN2. The number of hydrogen-bond acceptors (Lipinski definition) is 1. The van der Waals surface area contributed by atoms with E-state index in [4.69, 9.17) is 0 Å². The molecule has 0 unspecified atom stereocenters.